The Labute approximate surface area is 168 Å². The minimum Gasteiger partial charge on any atom is -0.360 e. The van der Waals surface area contributed by atoms with Gasteiger partial charge in [-0.2, -0.15) is 5.26 Å². The number of rotatable bonds is 5. The molecule has 0 saturated carbocycles. The highest BCUT2D eigenvalue weighted by molar-refractivity contribution is 5.87. The van der Waals surface area contributed by atoms with Gasteiger partial charge in [-0.3, -0.25) is 9.20 Å². The van der Waals surface area contributed by atoms with E-state index in [1.54, 1.807) is 0 Å². The second kappa shape index (κ2) is 7.64. The third kappa shape index (κ3) is 3.50. The molecule has 6 nitrogen and oxygen atoms in total. The molecular formula is C23H21N5O. The van der Waals surface area contributed by atoms with Crippen LogP contribution in [0.3, 0.4) is 0 Å². The molecule has 1 unspecified atom stereocenters. The summed E-state index contributed by atoms with van der Waals surface area (Å²) in [6.07, 6.45) is 0. The monoisotopic (exact) mass is 383 g/mol. The van der Waals surface area contributed by atoms with Crippen LogP contribution in [0, 0.1) is 18.3 Å². The first-order valence-electron chi connectivity index (χ1n) is 9.47. The molecule has 6 heteroatoms. The van der Waals surface area contributed by atoms with Gasteiger partial charge in [0.15, 0.2) is 5.65 Å². The Morgan fingerprint density at radius 2 is 1.90 bits per heavy atom. The smallest absolute Gasteiger partial charge is 0.242 e. The van der Waals surface area contributed by atoms with Crippen LogP contribution in [-0.4, -0.2) is 21.3 Å². The molecule has 2 N–H and O–H groups in total. The predicted octanol–water partition coefficient (Wildman–Crippen LogP) is 3.78. The maximum absolute atomic E-state index is 12.6. The summed E-state index contributed by atoms with van der Waals surface area (Å²) in [4.78, 5) is 17.3. The van der Waals surface area contributed by atoms with Crippen LogP contribution in [0.25, 0.3) is 16.7 Å². The van der Waals surface area contributed by atoms with E-state index in [-0.39, 0.29) is 5.91 Å². The Balaban J connectivity index is 1.65. The average molecular weight is 383 g/mol. The second-order valence-corrected chi connectivity index (χ2v) is 7.03. The zero-order valence-corrected chi connectivity index (χ0v) is 16.3. The fourth-order valence-corrected chi connectivity index (χ4v) is 3.43. The zero-order valence-electron chi connectivity index (χ0n) is 16.3. The molecule has 29 heavy (non-hydrogen) atoms. The third-order valence-corrected chi connectivity index (χ3v) is 4.95. The van der Waals surface area contributed by atoms with Gasteiger partial charge in [0, 0.05) is 6.54 Å². The molecule has 0 radical (unpaired) electrons. The lowest BCUT2D eigenvalue weighted by atomic mass is 10.1. The number of carbonyl (C=O) groups excluding carboxylic acids is 1. The van der Waals surface area contributed by atoms with Crippen molar-refractivity contribution in [1.82, 2.24) is 14.7 Å². The number of aromatic nitrogens is 2. The lowest BCUT2D eigenvalue weighted by Crippen LogP contribution is -2.37. The van der Waals surface area contributed by atoms with Gasteiger partial charge in [-0.1, -0.05) is 42.5 Å². The maximum Gasteiger partial charge on any atom is 0.242 e. The Morgan fingerprint density at radius 3 is 2.66 bits per heavy atom. The Kier molecular flexibility index (Phi) is 4.88. The van der Waals surface area contributed by atoms with Crippen molar-refractivity contribution in [3.8, 4) is 6.07 Å². The third-order valence-electron chi connectivity index (χ3n) is 4.95. The van der Waals surface area contributed by atoms with E-state index < -0.39 is 6.04 Å². The Hall–Kier alpha value is -3.85. The lowest BCUT2D eigenvalue weighted by molar-refractivity contribution is -0.121. The standard InChI is InChI=1S/C23H21N5O/c1-15-12-21(26-16(2)23(29)25-14-17-8-4-3-5-9-17)28-20-11-7-6-10-19(20)27-22(28)18(15)13-24/h3-12,16,26H,14H2,1-2H3,(H,25,29). The van der Waals surface area contributed by atoms with Gasteiger partial charge in [0.1, 0.15) is 17.9 Å². The molecule has 0 aliphatic rings. The highest BCUT2D eigenvalue weighted by Crippen LogP contribution is 2.26. The van der Waals surface area contributed by atoms with Crippen molar-refractivity contribution in [3.05, 3.63) is 77.4 Å². The largest absolute Gasteiger partial charge is 0.360 e. The van der Waals surface area contributed by atoms with E-state index in [0.717, 1.165) is 28.0 Å². The van der Waals surface area contributed by atoms with Crippen molar-refractivity contribution >= 4 is 28.4 Å². The highest BCUT2D eigenvalue weighted by Gasteiger charge is 2.18. The fourth-order valence-electron chi connectivity index (χ4n) is 3.43. The number of amides is 1. The molecule has 0 aliphatic carbocycles. The fraction of sp³-hybridized carbons (Fsp3) is 0.174. The summed E-state index contributed by atoms with van der Waals surface area (Å²) in [6.45, 7) is 4.17. The molecule has 0 aliphatic heterocycles. The van der Waals surface area contributed by atoms with Gasteiger partial charge in [0.25, 0.3) is 0 Å². The van der Waals surface area contributed by atoms with Crippen molar-refractivity contribution in [1.29, 1.82) is 5.26 Å². The van der Waals surface area contributed by atoms with E-state index >= 15 is 0 Å². The minimum absolute atomic E-state index is 0.103. The van der Waals surface area contributed by atoms with E-state index in [1.165, 1.54) is 0 Å². The van der Waals surface area contributed by atoms with Crippen LogP contribution in [0.1, 0.15) is 23.6 Å². The number of hydrogen-bond donors (Lipinski definition) is 2. The Bertz CT molecular complexity index is 1240. The van der Waals surface area contributed by atoms with Crippen molar-refractivity contribution in [3.63, 3.8) is 0 Å². The van der Waals surface area contributed by atoms with E-state index in [2.05, 4.69) is 21.7 Å². The molecule has 4 rings (SSSR count). The highest BCUT2D eigenvalue weighted by atomic mass is 16.2. The van der Waals surface area contributed by atoms with E-state index in [1.807, 2.05) is 78.9 Å². The normalized spacial score (nSPS) is 11.9. The number of imidazole rings is 1. The van der Waals surface area contributed by atoms with Crippen LogP contribution >= 0.6 is 0 Å². The van der Waals surface area contributed by atoms with Crippen molar-refractivity contribution in [2.45, 2.75) is 26.4 Å². The molecule has 2 heterocycles. The van der Waals surface area contributed by atoms with Gasteiger partial charge >= 0.3 is 0 Å². The average Bonchev–Trinajstić information content (AvgIpc) is 3.12. The van der Waals surface area contributed by atoms with E-state index in [0.29, 0.717) is 17.8 Å². The summed E-state index contributed by atoms with van der Waals surface area (Å²) < 4.78 is 1.90. The molecular weight excluding hydrogens is 362 g/mol. The number of aryl methyl sites for hydroxylation is 1. The Morgan fingerprint density at radius 1 is 1.17 bits per heavy atom. The first-order chi connectivity index (χ1) is 14.1. The van der Waals surface area contributed by atoms with Gasteiger partial charge in [-0.25, -0.2) is 4.98 Å². The number of nitrogens with zero attached hydrogens (tertiary/aromatic N) is 3. The molecule has 0 fully saturated rings. The number of anilines is 1. The summed E-state index contributed by atoms with van der Waals surface area (Å²) in [5.74, 6) is 0.626. The maximum atomic E-state index is 12.6. The molecule has 0 bridgehead atoms. The summed E-state index contributed by atoms with van der Waals surface area (Å²) in [7, 11) is 0. The van der Waals surface area contributed by atoms with Crippen LogP contribution in [-0.2, 0) is 11.3 Å². The molecule has 144 valence electrons. The minimum atomic E-state index is -0.463. The van der Waals surface area contributed by atoms with Crippen molar-refractivity contribution < 1.29 is 4.79 Å². The number of hydrogen-bond acceptors (Lipinski definition) is 4. The summed E-state index contributed by atoms with van der Waals surface area (Å²) in [6, 6.07) is 21.2. The second-order valence-electron chi connectivity index (χ2n) is 7.03. The van der Waals surface area contributed by atoms with Crippen molar-refractivity contribution in [2.24, 2.45) is 0 Å². The van der Waals surface area contributed by atoms with Gasteiger partial charge < -0.3 is 10.6 Å². The SMILES string of the molecule is Cc1cc(NC(C)C(=O)NCc2ccccc2)n2c(nc3ccccc32)c1C#N. The lowest BCUT2D eigenvalue weighted by Gasteiger charge is -2.18. The molecule has 2 aromatic carbocycles. The van der Waals surface area contributed by atoms with Gasteiger partial charge in [0.2, 0.25) is 5.91 Å². The van der Waals surface area contributed by atoms with Crippen LogP contribution in [0.2, 0.25) is 0 Å². The molecule has 1 amide bonds. The molecule has 0 saturated heterocycles. The van der Waals surface area contributed by atoms with Crippen molar-refractivity contribution in [2.75, 3.05) is 5.32 Å². The van der Waals surface area contributed by atoms with E-state index in [4.69, 9.17) is 0 Å². The summed E-state index contributed by atoms with van der Waals surface area (Å²) in [5.41, 5.74) is 4.68. The molecule has 2 aromatic heterocycles. The summed E-state index contributed by atoms with van der Waals surface area (Å²) >= 11 is 0. The molecule has 0 spiro atoms. The summed E-state index contributed by atoms with van der Waals surface area (Å²) in [5, 5.41) is 15.8. The molecule has 1 atom stereocenters. The number of nitriles is 1. The predicted molar refractivity (Wildman–Crippen MR) is 114 cm³/mol. The quantitative estimate of drug-likeness (QED) is 0.549. The van der Waals surface area contributed by atoms with Gasteiger partial charge in [0.05, 0.1) is 16.6 Å². The van der Waals surface area contributed by atoms with Crippen LogP contribution in [0.4, 0.5) is 5.82 Å². The van der Waals surface area contributed by atoms with Crippen LogP contribution in [0.5, 0.6) is 0 Å². The molecule has 4 aromatic rings. The number of nitrogens with one attached hydrogen (secondary N) is 2. The van der Waals surface area contributed by atoms with Gasteiger partial charge in [-0.05, 0) is 43.2 Å². The topological polar surface area (TPSA) is 82.2 Å². The number of carbonyl (C=O) groups is 1. The zero-order chi connectivity index (χ0) is 20.4. The number of para-hydroxylation sites is 2. The number of benzene rings is 2. The van der Waals surface area contributed by atoms with E-state index in [9.17, 15) is 10.1 Å². The number of pyridine rings is 1. The van der Waals surface area contributed by atoms with Gasteiger partial charge in [-0.15, -0.1) is 0 Å². The first kappa shape index (κ1) is 18.5. The number of fused-ring (bicyclic) bond motifs is 3. The first-order valence-corrected chi connectivity index (χ1v) is 9.47. The van der Waals surface area contributed by atoms with Crippen LogP contribution < -0.4 is 10.6 Å². The van der Waals surface area contributed by atoms with Crippen LogP contribution in [0.15, 0.2) is 60.7 Å².